The maximum atomic E-state index is 10.3. The molecule has 7 nitrogen and oxygen atoms in total. The number of rotatable bonds is 8. The summed E-state index contributed by atoms with van der Waals surface area (Å²) in [6.07, 6.45) is 0. The number of thiazole rings is 1. The van der Waals surface area contributed by atoms with E-state index in [2.05, 4.69) is 11.6 Å². The van der Waals surface area contributed by atoms with E-state index in [1.54, 1.807) is 38.1 Å². The Morgan fingerprint density at radius 2 is 1.72 bits per heavy atom. The number of methoxy groups -OCH3 is 3. The quantitative estimate of drug-likeness (QED) is 0.396. The van der Waals surface area contributed by atoms with Crippen molar-refractivity contribution in [3.8, 4) is 34.3 Å². The highest BCUT2D eigenvalue weighted by Gasteiger charge is 2.17. The lowest BCUT2D eigenvalue weighted by Crippen LogP contribution is -2.15. The fraction of sp³-hybridized carbons (Fsp3) is 0.250. The molecule has 0 saturated heterocycles. The Balaban J connectivity index is 2.25. The fourth-order valence-corrected chi connectivity index (χ4v) is 3.95. The summed E-state index contributed by atoms with van der Waals surface area (Å²) in [5, 5.41) is 17.0. The molecule has 3 rings (SSSR count). The zero-order valence-corrected chi connectivity index (χ0v) is 19.7. The molecule has 1 N–H and O–H groups in total. The van der Waals surface area contributed by atoms with Crippen molar-refractivity contribution in [3.63, 3.8) is 0 Å². The maximum Gasteiger partial charge on any atom is 0.206 e. The lowest BCUT2D eigenvalue weighted by atomic mass is 10.1. The minimum absolute atomic E-state index is 0.166. The molecule has 32 heavy (non-hydrogen) atoms. The van der Waals surface area contributed by atoms with Gasteiger partial charge in [0.15, 0.2) is 11.5 Å². The molecular weight excluding hydrogens is 426 g/mol. The normalized spacial score (nSPS) is 12.0. The SMILES string of the molecule is C=C(C)CN=c1scc(-c2cc(OC)c(OC)c(OC)c2)n1N=C(C)c1ccccc1O. The topological polar surface area (TPSA) is 77.6 Å². The molecule has 2 aromatic carbocycles. The Morgan fingerprint density at radius 1 is 1.06 bits per heavy atom. The van der Waals surface area contributed by atoms with E-state index in [4.69, 9.17) is 19.3 Å². The van der Waals surface area contributed by atoms with Crippen molar-refractivity contribution < 1.29 is 19.3 Å². The average molecular weight is 454 g/mol. The first-order chi connectivity index (χ1) is 15.4. The van der Waals surface area contributed by atoms with Crippen molar-refractivity contribution >= 4 is 17.0 Å². The number of aromatic nitrogens is 1. The Hall–Kier alpha value is -3.52. The van der Waals surface area contributed by atoms with Crippen LogP contribution in [-0.4, -0.2) is 43.4 Å². The number of nitrogens with zero attached hydrogens (tertiary/aromatic N) is 3. The Bertz CT molecular complexity index is 1200. The summed E-state index contributed by atoms with van der Waals surface area (Å²) in [5.41, 5.74) is 3.85. The number of hydrogen-bond donors (Lipinski definition) is 1. The number of para-hydroxylation sites is 1. The van der Waals surface area contributed by atoms with E-state index in [0.717, 1.165) is 16.8 Å². The number of phenols is 1. The smallest absolute Gasteiger partial charge is 0.206 e. The second-order valence-electron chi connectivity index (χ2n) is 7.11. The van der Waals surface area contributed by atoms with Crippen LogP contribution in [0.1, 0.15) is 19.4 Å². The van der Waals surface area contributed by atoms with E-state index < -0.39 is 0 Å². The van der Waals surface area contributed by atoms with Crippen molar-refractivity contribution in [2.75, 3.05) is 27.9 Å². The van der Waals surface area contributed by atoms with Crippen LogP contribution >= 0.6 is 11.3 Å². The van der Waals surface area contributed by atoms with Crippen LogP contribution in [0.25, 0.3) is 11.3 Å². The van der Waals surface area contributed by atoms with Gasteiger partial charge in [-0.15, -0.1) is 11.3 Å². The lowest BCUT2D eigenvalue weighted by Gasteiger charge is -2.14. The van der Waals surface area contributed by atoms with E-state index in [1.807, 2.05) is 43.5 Å². The Morgan fingerprint density at radius 3 is 2.28 bits per heavy atom. The molecule has 0 radical (unpaired) electrons. The first kappa shape index (κ1) is 23.1. The highest BCUT2D eigenvalue weighted by molar-refractivity contribution is 7.07. The highest BCUT2D eigenvalue weighted by Crippen LogP contribution is 2.41. The number of benzene rings is 2. The van der Waals surface area contributed by atoms with Crippen molar-refractivity contribution in [2.45, 2.75) is 13.8 Å². The zero-order chi connectivity index (χ0) is 23.3. The molecule has 0 fully saturated rings. The van der Waals surface area contributed by atoms with Crippen LogP contribution in [-0.2, 0) is 0 Å². The van der Waals surface area contributed by atoms with Crippen molar-refractivity contribution in [1.29, 1.82) is 0 Å². The molecule has 0 amide bonds. The predicted octanol–water partition coefficient (Wildman–Crippen LogP) is 4.70. The summed E-state index contributed by atoms with van der Waals surface area (Å²) in [4.78, 5) is 5.37. The standard InChI is InChI=1S/C24H27N3O4S/c1-15(2)13-25-24-27(26-16(3)18-9-7-8-10-20(18)28)19(14-32-24)17-11-21(29-4)23(31-6)22(12-17)30-5/h7-12,14,28H,1,13H2,2-6H3. The van der Waals surface area contributed by atoms with Gasteiger partial charge in [0.05, 0.1) is 39.3 Å². The van der Waals surface area contributed by atoms with E-state index in [9.17, 15) is 5.11 Å². The first-order valence-corrected chi connectivity index (χ1v) is 10.8. The molecule has 0 aliphatic heterocycles. The van der Waals surface area contributed by atoms with Crippen LogP contribution in [0.4, 0.5) is 0 Å². The highest BCUT2D eigenvalue weighted by atomic mass is 32.1. The second kappa shape index (κ2) is 10.2. The lowest BCUT2D eigenvalue weighted by molar-refractivity contribution is 0.324. The monoisotopic (exact) mass is 453 g/mol. The van der Waals surface area contributed by atoms with Gasteiger partial charge in [-0.05, 0) is 38.1 Å². The van der Waals surface area contributed by atoms with Gasteiger partial charge in [-0.3, -0.25) is 4.99 Å². The van der Waals surface area contributed by atoms with Crippen LogP contribution < -0.4 is 19.0 Å². The third-order valence-corrected chi connectivity index (χ3v) is 5.53. The predicted molar refractivity (Wildman–Crippen MR) is 128 cm³/mol. The minimum Gasteiger partial charge on any atom is -0.507 e. The number of phenolic OH excluding ortho intramolecular Hbond substituents is 1. The van der Waals surface area contributed by atoms with Crippen molar-refractivity contribution in [1.82, 2.24) is 4.68 Å². The summed E-state index contributed by atoms with van der Waals surface area (Å²) < 4.78 is 18.2. The first-order valence-electron chi connectivity index (χ1n) is 9.89. The van der Waals surface area contributed by atoms with Gasteiger partial charge in [0.25, 0.3) is 0 Å². The second-order valence-corrected chi connectivity index (χ2v) is 7.94. The van der Waals surface area contributed by atoms with Gasteiger partial charge in [0.2, 0.25) is 10.6 Å². The molecular formula is C24H27N3O4S. The number of aromatic hydroxyl groups is 1. The van der Waals surface area contributed by atoms with Gasteiger partial charge in [-0.2, -0.15) is 5.10 Å². The third-order valence-electron chi connectivity index (χ3n) is 4.67. The van der Waals surface area contributed by atoms with Gasteiger partial charge in [-0.1, -0.05) is 24.3 Å². The molecule has 3 aromatic rings. The molecule has 8 heteroatoms. The maximum absolute atomic E-state index is 10.3. The molecule has 0 aliphatic rings. The summed E-state index contributed by atoms with van der Waals surface area (Å²) in [5.74, 6) is 1.77. The largest absolute Gasteiger partial charge is 0.507 e. The minimum atomic E-state index is 0.166. The molecule has 1 aromatic heterocycles. The van der Waals surface area contributed by atoms with Gasteiger partial charge >= 0.3 is 0 Å². The Kier molecular flexibility index (Phi) is 7.37. The van der Waals surface area contributed by atoms with Gasteiger partial charge < -0.3 is 19.3 Å². The average Bonchev–Trinajstić information content (AvgIpc) is 3.18. The van der Waals surface area contributed by atoms with E-state index in [0.29, 0.717) is 39.9 Å². The summed E-state index contributed by atoms with van der Waals surface area (Å²) in [7, 11) is 4.73. The molecule has 0 saturated carbocycles. The summed E-state index contributed by atoms with van der Waals surface area (Å²) in [6.45, 7) is 8.20. The fourth-order valence-electron chi connectivity index (χ4n) is 3.12. The number of ether oxygens (including phenoxy) is 3. The van der Waals surface area contributed by atoms with E-state index >= 15 is 0 Å². The third kappa shape index (κ3) is 4.86. The molecule has 0 spiro atoms. The zero-order valence-electron chi connectivity index (χ0n) is 18.9. The molecule has 0 unspecified atom stereocenters. The van der Waals surface area contributed by atoms with Crippen molar-refractivity contribution in [3.05, 3.63) is 64.3 Å². The van der Waals surface area contributed by atoms with E-state index in [-0.39, 0.29) is 5.75 Å². The molecule has 1 heterocycles. The van der Waals surface area contributed by atoms with Crippen LogP contribution in [0, 0.1) is 0 Å². The van der Waals surface area contributed by atoms with E-state index in [1.165, 1.54) is 11.3 Å². The van der Waals surface area contributed by atoms with Crippen LogP contribution in [0.2, 0.25) is 0 Å². The molecule has 0 bridgehead atoms. The van der Waals surface area contributed by atoms with Gasteiger partial charge in [0, 0.05) is 16.5 Å². The Labute approximate surface area is 191 Å². The summed E-state index contributed by atoms with van der Waals surface area (Å²) in [6, 6.07) is 10.8. The molecule has 168 valence electrons. The number of hydrogen-bond acceptors (Lipinski definition) is 7. The summed E-state index contributed by atoms with van der Waals surface area (Å²) >= 11 is 1.46. The van der Waals surface area contributed by atoms with Crippen LogP contribution in [0.15, 0.2) is 64.0 Å². The molecule has 0 aliphatic carbocycles. The van der Waals surface area contributed by atoms with Gasteiger partial charge in [0.1, 0.15) is 5.75 Å². The van der Waals surface area contributed by atoms with Crippen LogP contribution in [0.5, 0.6) is 23.0 Å². The van der Waals surface area contributed by atoms with Gasteiger partial charge in [-0.25, -0.2) is 4.68 Å². The van der Waals surface area contributed by atoms with Crippen LogP contribution in [0.3, 0.4) is 0 Å². The molecule has 0 atom stereocenters. The van der Waals surface area contributed by atoms with Crippen molar-refractivity contribution in [2.24, 2.45) is 10.1 Å².